The summed E-state index contributed by atoms with van der Waals surface area (Å²) in [6.07, 6.45) is 10.5. The van der Waals surface area contributed by atoms with Gasteiger partial charge >= 0.3 is 0 Å². The number of H-pyrrole nitrogens is 1. The number of nitrogens with one attached hydrogen (secondary N) is 2. The van der Waals surface area contributed by atoms with Crippen molar-refractivity contribution >= 4 is 33.8 Å². The maximum absolute atomic E-state index is 12.9. The van der Waals surface area contributed by atoms with Crippen LogP contribution in [-0.4, -0.2) is 30.2 Å². The number of hydrogen-bond acceptors (Lipinski definition) is 5. The van der Waals surface area contributed by atoms with Crippen molar-refractivity contribution in [3.8, 4) is 11.4 Å². The summed E-state index contributed by atoms with van der Waals surface area (Å²) in [6.45, 7) is 1.98. The van der Waals surface area contributed by atoms with Crippen molar-refractivity contribution in [1.82, 2.24) is 24.3 Å². The summed E-state index contributed by atoms with van der Waals surface area (Å²) in [5.41, 5.74) is 11.8. The van der Waals surface area contributed by atoms with E-state index in [1.165, 1.54) is 0 Å². The zero-order valence-electron chi connectivity index (χ0n) is 19.5. The monoisotopic (exact) mass is 465 g/mol. The first kappa shape index (κ1) is 21.3. The Bertz CT molecular complexity index is 1510. The number of carbonyl (C=O) groups excluding carboxylic acids is 1. The molecule has 0 radical (unpaired) electrons. The number of pyridine rings is 1. The van der Waals surface area contributed by atoms with Crippen molar-refractivity contribution in [3.05, 3.63) is 72.6 Å². The fourth-order valence-electron chi connectivity index (χ4n) is 5.21. The molecule has 1 aliphatic rings. The highest BCUT2D eigenvalue weighted by Crippen LogP contribution is 2.39. The number of aromatic amines is 1. The van der Waals surface area contributed by atoms with Crippen LogP contribution in [0.1, 0.15) is 43.0 Å². The zero-order chi connectivity index (χ0) is 23.9. The minimum atomic E-state index is -0.0167. The summed E-state index contributed by atoms with van der Waals surface area (Å²) in [5.74, 6) is 1.73. The first-order valence-corrected chi connectivity index (χ1v) is 12.0. The molecule has 0 unspecified atom stereocenters. The maximum atomic E-state index is 12.9. The van der Waals surface area contributed by atoms with Crippen molar-refractivity contribution in [3.63, 3.8) is 0 Å². The predicted molar refractivity (Wildman–Crippen MR) is 137 cm³/mol. The molecule has 1 aliphatic carbocycles. The molecular formula is C27H27N7O. The van der Waals surface area contributed by atoms with Crippen LogP contribution in [0.3, 0.4) is 0 Å². The fraction of sp³-hybridized carbons (Fsp3) is 0.259. The van der Waals surface area contributed by atoms with Gasteiger partial charge in [0.15, 0.2) is 0 Å². The smallest absolute Gasteiger partial charge is 0.227 e. The molecule has 4 N–H and O–H groups in total. The molecule has 1 fully saturated rings. The lowest BCUT2D eigenvalue weighted by atomic mass is 9.81. The molecule has 8 nitrogen and oxygen atoms in total. The molecule has 0 aliphatic heterocycles. The number of aryl methyl sites for hydroxylation is 1. The molecule has 35 heavy (non-hydrogen) atoms. The Morgan fingerprint density at radius 3 is 2.77 bits per heavy atom. The number of hydrogen-bond donors (Lipinski definition) is 3. The van der Waals surface area contributed by atoms with Gasteiger partial charge in [-0.15, -0.1) is 0 Å². The molecule has 8 heteroatoms. The molecule has 1 amide bonds. The summed E-state index contributed by atoms with van der Waals surface area (Å²) < 4.78 is 2.08. The largest absolute Gasteiger partial charge is 0.382 e. The summed E-state index contributed by atoms with van der Waals surface area (Å²) in [7, 11) is 0. The van der Waals surface area contributed by atoms with Gasteiger partial charge in [-0.25, -0.2) is 9.97 Å². The van der Waals surface area contributed by atoms with Crippen LogP contribution >= 0.6 is 0 Å². The lowest BCUT2D eigenvalue weighted by Gasteiger charge is -2.27. The van der Waals surface area contributed by atoms with E-state index in [1.807, 2.05) is 31.3 Å². The van der Waals surface area contributed by atoms with E-state index in [0.29, 0.717) is 5.82 Å². The third-order valence-electron chi connectivity index (χ3n) is 7.16. The van der Waals surface area contributed by atoms with Gasteiger partial charge in [-0.3, -0.25) is 14.2 Å². The van der Waals surface area contributed by atoms with Gasteiger partial charge in [-0.1, -0.05) is 18.2 Å². The molecule has 1 aromatic carbocycles. The van der Waals surface area contributed by atoms with Crippen LogP contribution in [-0.2, 0) is 4.79 Å². The van der Waals surface area contributed by atoms with Crippen LogP contribution in [0.2, 0.25) is 0 Å². The van der Waals surface area contributed by atoms with Gasteiger partial charge in [-0.2, -0.15) is 0 Å². The second-order valence-corrected chi connectivity index (χ2v) is 9.35. The standard InChI is InChI=1S/C27H27N7O/c1-16-10-11-29-15-22(16)32-27(35)18-8-6-17(7-9-18)26-33-23(24-25(28)30-12-13-34(24)26)21-14-19-4-2-3-5-20(19)31-21/h2-5,10-15,17-18,31H,6-9H2,1H3,(H2,28,30)(H,32,35). The zero-order valence-corrected chi connectivity index (χ0v) is 19.5. The third kappa shape index (κ3) is 3.80. The lowest BCUT2D eigenvalue weighted by Crippen LogP contribution is -2.27. The number of benzene rings is 1. The Kier molecular flexibility index (Phi) is 5.21. The molecule has 0 bridgehead atoms. The van der Waals surface area contributed by atoms with Crippen molar-refractivity contribution in [2.24, 2.45) is 5.92 Å². The topological polar surface area (TPSA) is 114 Å². The highest BCUT2D eigenvalue weighted by molar-refractivity contribution is 5.93. The van der Waals surface area contributed by atoms with Crippen molar-refractivity contribution in [2.75, 3.05) is 11.1 Å². The summed E-state index contributed by atoms with van der Waals surface area (Å²) in [5, 5.41) is 4.19. The van der Waals surface area contributed by atoms with E-state index in [0.717, 1.165) is 70.6 Å². The number of carbonyl (C=O) groups is 1. The molecular weight excluding hydrogens is 438 g/mol. The van der Waals surface area contributed by atoms with Crippen LogP contribution in [0.15, 0.2) is 61.2 Å². The first-order valence-electron chi connectivity index (χ1n) is 12.0. The molecule has 176 valence electrons. The SMILES string of the molecule is Cc1ccncc1NC(=O)C1CCC(c2nc(-c3cc4ccccc4[nH]3)c3c(N)nccn23)CC1. The number of para-hydroxylation sites is 1. The Morgan fingerprint density at radius 2 is 1.97 bits per heavy atom. The van der Waals surface area contributed by atoms with Gasteiger partial charge in [0.2, 0.25) is 5.91 Å². The Morgan fingerprint density at radius 1 is 1.14 bits per heavy atom. The van der Waals surface area contributed by atoms with Gasteiger partial charge < -0.3 is 16.0 Å². The van der Waals surface area contributed by atoms with E-state index in [1.54, 1.807) is 18.6 Å². The van der Waals surface area contributed by atoms with Gasteiger partial charge in [0.1, 0.15) is 22.9 Å². The molecule has 0 spiro atoms. The number of nitrogen functional groups attached to an aromatic ring is 1. The average molecular weight is 466 g/mol. The minimum absolute atomic E-state index is 0.0167. The summed E-state index contributed by atoms with van der Waals surface area (Å²) in [4.78, 5) is 29.9. The highest BCUT2D eigenvalue weighted by atomic mass is 16.1. The van der Waals surface area contributed by atoms with E-state index in [4.69, 9.17) is 10.7 Å². The Hall–Kier alpha value is -4.20. The van der Waals surface area contributed by atoms with Crippen LogP contribution in [0.25, 0.3) is 27.8 Å². The number of nitrogens with two attached hydrogens (primary N) is 1. The lowest BCUT2D eigenvalue weighted by molar-refractivity contribution is -0.120. The fourth-order valence-corrected chi connectivity index (χ4v) is 5.21. The van der Waals surface area contributed by atoms with Crippen molar-refractivity contribution in [1.29, 1.82) is 0 Å². The van der Waals surface area contributed by atoms with Crippen LogP contribution in [0, 0.1) is 12.8 Å². The van der Waals surface area contributed by atoms with Gasteiger partial charge in [0.25, 0.3) is 0 Å². The van der Waals surface area contributed by atoms with Crippen molar-refractivity contribution < 1.29 is 4.79 Å². The van der Waals surface area contributed by atoms with E-state index in [-0.39, 0.29) is 17.7 Å². The number of aromatic nitrogens is 5. The second kappa shape index (κ2) is 8.54. The van der Waals surface area contributed by atoms with E-state index in [9.17, 15) is 4.79 Å². The number of amides is 1. The van der Waals surface area contributed by atoms with Gasteiger partial charge in [0.05, 0.1) is 17.6 Å². The Balaban J connectivity index is 1.27. The number of rotatable bonds is 4. The normalized spacial score (nSPS) is 18.2. The number of fused-ring (bicyclic) bond motifs is 2. The first-order chi connectivity index (χ1) is 17.1. The third-order valence-corrected chi connectivity index (χ3v) is 7.16. The van der Waals surface area contributed by atoms with Crippen molar-refractivity contribution in [2.45, 2.75) is 38.5 Å². The molecule has 5 aromatic rings. The molecule has 4 aromatic heterocycles. The molecule has 1 saturated carbocycles. The Labute approximate surface area is 202 Å². The molecule has 4 heterocycles. The van der Waals surface area contributed by atoms with Gasteiger partial charge in [0, 0.05) is 41.3 Å². The van der Waals surface area contributed by atoms with E-state index < -0.39 is 0 Å². The number of anilines is 2. The maximum Gasteiger partial charge on any atom is 0.227 e. The molecule has 6 rings (SSSR count). The minimum Gasteiger partial charge on any atom is -0.382 e. The molecule has 0 saturated heterocycles. The quantitative estimate of drug-likeness (QED) is 0.343. The van der Waals surface area contributed by atoms with E-state index in [2.05, 4.69) is 42.9 Å². The highest BCUT2D eigenvalue weighted by Gasteiger charge is 2.31. The van der Waals surface area contributed by atoms with Crippen LogP contribution in [0.5, 0.6) is 0 Å². The number of imidazole rings is 1. The average Bonchev–Trinajstić information content (AvgIpc) is 3.48. The van der Waals surface area contributed by atoms with Gasteiger partial charge in [-0.05, 0) is 56.4 Å². The van der Waals surface area contributed by atoms with E-state index >= 15 is 0 Å². The molecule has 0 atom stereocenters. The number of nitrogens with zero attached hydrogens (tertiary/aromatic N) is 4. The summed E-state index contributed by atoms with van der Waals surface area (Å²) >= 11 is 0. The second-order valence-electron chi connectivity index (χ2n) is 9.35. The summed E-state index contributed by atoms with van der Waals surface area (Å²) in [6, 6.07) is 12.2. The van der Waals surface area contributed by atoms with Crippen LogP contribution in [0.4, 0.5) is 11.5 Å². The van der Waals surface area contributed by atoms with Crippen LogP contribution < -0.4 is 11.1 Å². The predicted octanol–water partition coefficient (Wildman–Crippen LogP) is 5.08.